The van der Waals surface area contributed by atoms with Gasteiger partial charge in [-0.05, 0) is 175 Å². The highest BCUT2D eigenvalue weighted by Gasteiger charge is 2.65. The van der Waals surface area contributed by atoms with Crippen LogP contribution in [0.15, 0.2) is 103 Å². The first kappa shape index (κ1) is 54.7. The molecule has 6 aliphatic rings. The number of hydrogen-bond donors (Lipinski definition) is 0. The third-order valence-corrected chi connectivity index (χ3v) is 19.5. The molecule has 6 aromatic carbocycles. The van der Waals surface area contributed by atoms with Crippen LogP contribution in [0.3, 0.4) is 0 Å². The highest BCUT2D eigenvalue weighted by molar-refractivity contribution is 6.10. The molecule has 1 spiro atoms. The summed E-state index contributed by atoms with van der Waals surface area (Å²) in [6, 6.07) is 27.3. The molecule has 12 rings (SSSR count). The van der Waals surface area contributed by atoms with Gasteiger partial charge < -0.3 is 33.5 Å². The van der Waals surface area contributed by atoms with Gasteiger partial charge in [-0.2, -0.15) is 26.3 Å². The molecule has 0 bridgehead atoms. The molecule has 81 heavy (non-hydrogen) atoms. The van der Waals surface area contributed by atoms with Gasteiger partial charge in [-0.15, -0.1) is 0 Å². The highest BCUT2D eigenvalue weighted by Crippen LogP contribution is 2.72. The lowest BCUT2D eigenvalue weighted by molar-refractivity contribution is -0.144. The first-order chi connectivity index (χ1) is 38.8. The van der Waals surface area contributed by atoms with Crippen molar-refractivity contribution in [1.29, 1.82) is 0 Å². The summed E-state index contributed by atoms with van der Waals surface area (Å²) in [5.74, 6) is 4.61. The number of ether oxygens (including phenoxy) is 5. The van der Waals surface area contributed by atoms with Gasteiger partial charge in [-0.25, -0.2) is 0 Å². The normalized spacial score (nSPS) is 23.3. The number of alkyl halides is 6. The second-order valence-electron chi connectivity index (χ2n) is 24.0. The molecule has 4 fully saturated rings. The van der Waals surface area contributed by atoms with Gasteiger partial charge in [0.15, 0.2) is 5.60 Å². The number of carbonyl (C=O) groups excluding carboxylic acids is 1. The maximum Gasteiger partial charge on any atom is 0.416 e. The number of methoxy groups -OCH3 is 3. The lowest BCUT2D eigenvalue weighted by Gasteiger charge is -2.39. The van der Waals surface area contributed by atoms with Crippen LogP contribution < -0.4 is 33.5 Å². The quantitative estimate of drug-likeness (QED) is 0.0490. The summed E-state index contributed by atoms with van der Waals surface area (Å²) in [5.41, 5.74) is -1.25. The molecular formula is C67H70F6N2O6. The topological polar surface area (TPSA) is 69.7 Å². The molecule has 0 radical (unpaired) electrons. The first-order valence-electron chi connectivity index (χ1n) is 28.9. The van der Waals surface area contributed by atoms with Crippen LogP contribution in [-0.4, -0.2) is 53.5 Å². The van der Waals surface area contributed by atoms with Crippen molar-refractivity contribution < 1.29 is 54.8 Å². The Bertz CT molecular complexity index is 3340. The summed E-state index contributed by atoms with van der Waals surface area (Å²) in [6.07, 6.45) is 7.06. The third-order valence-electron chi connectivity index (χ3n) is 19.5. The smallest absolute Gasteiger partial charge is 0.416 e. The van der Waals surface area contributed by atoms with Gasteiger partial charge in [-0.1, -0.05) is 76.8 Å². The average Bonchev–Trinajstić information content (AvgIpc) is 2.06. The fourth-order valence-corrected chi connectivity index (χ4v) is 15.3. The Morgan fingerprint density at radius 2 is 1.31 bits per heavy atom. The van der Waals surface area contributed by atoms with Crippen LogP contribution in [-0.2, 0) is 28.2 Å². The highest BCUT2D eigenvalue weighted by atomic mass is 19.4. The Kier molecular flexibility index (Phi) is 13.9. The van der Waals surface area contributed by atoms with Gasteiger partial charge in [0.25, 0.3) is 0 Å². The zero-order valence-electron chi connectivity index (χ0n) is 46.9. The van der Waals surface area contributed by atoms with Gasteiger partial charge >= 0.3 is 18.3 Å². The van der Waals surface area contributed by atoms with E-state index in [1.165, 1.54) is 51.4 Å². The largest absolute Gasteiger partial charge is 0.497 e. The predicted molar refractivity (Wildman–Crippen MR) is 304 cm³/mol. The molecular weight excluding hydrogens is 1040 g/mol. The molecule has 8 nitrogen and oxygen atoms in total. The summed E-state index contributed by atoms with van der Waals surface area (Å²) in [5, 5.41) is 0.874. The summed E-state index contributed by atoms with van der Waals surface area (Å²) in [6.45, 7) is 7.72. The van der Waals surface area contributed by atoms with E-state index in [4.69, 9.17) is 23.7 Å². The Balaban J connectivity index is 0.854. The van der Waals surface area contributed by atoms with Crippen molar-refractivity contribution in [3.63, 3.8) is 0 Å². The van der Waals surface area contributed by atoms with Gasteiger partial charge in [0, 0.05) is 59.4 Å². The van der Waals surface area contributed by atoms with Crippen LogP contribution >= 0.6 is 0 Å². The Morgan fingerprint density at radius 1 is 0.679 bits per heavy atom. The van der Waals surface area contributed by atoms with Crippen molar-refractivity contribution in [2.24, 2.45) is 29.1 Å². The van der Waals surface area contributed by atoms with Crippen molar-refractivity contribution in [3.8, 4) is 39.9 Å². The number of carbonyl (C=O) groups is 1. The Morgan fingerprint density at radius 3 is 1.90 bits per heavy atom. The Labute approximate surface area is 470 Å². The van der Waals surface area contributed by atoms with Crippen LogP contribution in [0.1, 0.15) is 130 Å². The molecule has 3 atom stereocenters. The number of piperazine rings is 1. The van der Waals surface area contributed by atoms with Crippen LogP contribution in [0.2, 0.25) is 0 Å². The maximum atomic E-state index is 15.4. The lowest BCUT2D eigenvalue weighted by Crippen LogP contribution is -2.46. The van der Waals surface area contributed by atoms with E-state index in [-0.39, 0.29) is 34.6 Å². The molecule has 3 saturated carbocycles. The number of halogens is 6. The van der Waals surface area contributed by atoms with E-state index in [9.17, 15) is 18.0 Å². The number of anilines is 2. The van der Waals surface area contributed by atoms with E-state index in [1.54, 1.807) is 41.2 Å². The molecule has 0 amide bonds. The Hall–Kier alpha value is -6.83. The fraction of sp³-hybridized carbons (Fsp3) is 0.448. The van der Waals surface area contributed by atoms with E-state index < -0.39 is 34.5 Å². The second kappa shape index (κ2) is 20.6. The zero-order valence-corrected chi connectivity index (χ0v) is 46.9. The number of nitrogens with zero attached hydrogens (tertiary/aromatic N) is 2. The van der Waals surface area contributed by atoms with Gasteiger partial charge in [0.2, 0.25) is 0 Å². The van der Waals surface area contributed by atoms with Crippen LogP contribution in [0.25, 0.3) is 28.0 Å². The molecule has 14 heteroatoms. The predicted octanol–water partition coefficient (Wildman–Crippen LogP) is 16.6. The molecule has 0 N–H and O–H groups in total. The number of benzene rings is 6. The minimum atomic E-state index is -5.12. The molecule has 3 unspecified atom stereocenters. The van der Waals surface area contributed by atoms with Crippen LogP contribution in [0.4, 0.5) is 37.7 Å². The van der Waals surface area contributed by atoms with Gasteiger partial charge in [0.05, 0.1) is 44.1 Å². The molecule has 2 heterocycles. The standard InChI is InChI=1S/C67H70F6N2O6/c1-7-8-9-10-40-25-28-64(29-26-40)53-24-11-41(35-54(53)64)62(76)80-48-22-16-45(17-23-48)74-31-33-75(34-32-74)56-38-50-51(39-57(56)79-6)61-49(60-58(50)52-36-44(66(68,69)70)37-55(67(71,72)73)59(52)63(60,2)3)27-30-65(81-61,42-12-18-46(77-4)19-13-42)43-14-20-47(78-5)21-15-43/h12-23,27,30,36-41,53-54H,7-11,24-26,28-29,31-35H2,1-6H3. The monoisotopic (exact) mass is 1110 g/mol. The molecule has 4 aliphatic carbocycles. The van der Waals surface area contributed by atoms with Crippen molar-refractivity contribution in [2.75, 3.05) is 57.3 Å². The van der Waals surface area contributed by atoms with Crippen LogP contribution in [0, 0.1) is 29.1 Å². The number of esters is 1. The number of hydrogen-bond acceptors (Lipinski definition) is 8. The van der Waals surface area contributed by atoms with Crippen LogP contribution in [0.5, 0.6) is 28.7 Å². The van der Waals surface area contributed by atoms with Crippen molar-refractivity contribution in [2.45, 2.75) is 115 Å². The van der Waals surface area contributed by atoms with Gasteiger partial charge in [0.1, 0.15) is 28.7 Å². The summed E-state index contributed by atoms with van der Waals surface area (Å²) in [4.78, 5) is 18.0. The first-order valence-corrected chi connectivity index (χ1v) is 28.9. The zero-order chi connectivity index (χ0) is 56.8. The molecule has 6 aromatic rings. The van der Waals surface area contributed by atoms with Crippen molar-refractivity contribution in [1.82, 2.24) is 0 Å². The second-order valence-corrected chi connectivity index (χ2v) is 24.0. The third kappa shape index (κ3) is 9.44. The fourth-order valence-electron chi connectivity index (χ4n) is 15.3. The minimum absolute atomic E-state index is 0.0770. The maximum absolute atomic E-state index is 15.4. The van der Waals surface area contributed by atoms with Crippen molar-refractivity contribution >= 4 is 34.2 Å². The summed E-state index contributed by atoms with van der Waals surface area (Å²) < 4.78 is 121. The SMILES string of the molecule is CCCCCC1CCC2(CC1)C1CCC(C(=O)Oc3ccc(N4CCN(c5cc6c7c(c8c(c6cc5OC)OC(c5ccc(OC)cc5)(c5ccc(OC)cc5)C=C8)C(C)(C)c5c-7cc(C(F)(F)F)cc5C(F)(F)F)CC4)cc3)CC12. The number of rotatable bonds is 13. The molecule has 426 valence electrons. The van der Waals surface area contributed by atoms with E-state index in [0.29, 0.717) is 105 Å². The number of fused-ring (bicyclic) bond motifs is 11. The van der Waals surface area contributed by atoms with E-state index in [0.717, 1.165) is 42.9 Å². The molecule has 2 aliphatic heterocycles. The van der Waals surface area contributed by atoms with Gasteiger partial charge in [-0.3, -0.25) is 4.79 Å². The average molecular weight is 1110 g/mol. The number of unbranched alkanes of at least 4 members (excludes halogenated alkanes) is 2. The molecule has 1 saturated heterocycles. The lowest BCUT2D eigenvalue weighted by atomic mass is 9.75. The van der Waals surface area contributed by atoms with E-state index >= 15 is 13.2 Å². The minimum Gasteiger partial charge on any atom is -0.497 e. The van der Waals surface area contributed by atoms with E-state index in [1.807, 2.05) is 91.0 Å². The molecule has 0 aromatic heterocycles. The summed E-state index contributed by atoms with van der Waals surface area (Å²) in [7, 11) is 4.69. The van der Waals surface area contributed by atoms with Crippen molar-refractivity contribution in [3.05, 3.63) is 142 Å². The van der Waals surface area contributed by atoms with E-state index in [2.05, 4.69) is 16.7 Å². The summed E-state index contributed by atoms with van der Waals surface area (Å²) >= 11 is 0.